The van der Waals surface area contributed by atoms with Gasteiger partial charge in [0.25, 0.3) is 0 Å². The normalized spacial score (nSPS) is 21.4. The summed E-state index contributed by atoms with van der Waals surface area (Å²) in [5.74, 6) is 0. The highest BCUT2D eigenvalue weighted by Gasteiger charge is 2.27. The maximum absolute atomic E-state index is 4.68. The molecule has 0 amide bonds. The molecular formula is C27H32N4. The van der Waals surface area contributed by atoms with Crippen molar-refractivity contribution < 1.29 is 0 Å². The topological polar surface area (TPSA) is 40.2 Å². The van der Waals surface area contributed by atoms with Crippen LogP contribution >= 0.6 is 0 Å². The molecule has 3 atom stereocenters. The van der Waals surface area contributed by atoms with Crippen molar-refractivity contribution >= 4 is 0 Å². The first-order valence-corrected chi connectivity index (χ1v) is 11.5. The SMILES string of the molecule is CC(c1ccccn1)N(CC1Cc2ccccc2CN1)C[C@H]1Cc2ccccc2CN1. The summed E-state index contributed by atoms with van der Waals surface area (Å²) in [6, 6.07) is 25.1. The van der Waals surface area contributed by atoms with Crippen LogP contribution in [0.3, 0.4) is 0 Å². The molecule has 3 heterocycles. The van der Waals surface area contributed by atoms with Crippen molar-refractivity contribution in [3.05, 3.63) is 101 Å². The zero-order valence-corrected chi connectivity index (χ0v) is 18.3. The zero-order chi connectivity index (χ0) is 21.0. The van der Waals surface area contributed by atoms with Gasteiger partial charge in [0.15, 0.2) is 0 Å². The second kappa shape index (κ2) is 9.31. The molecule has 4 heteroatoms. The van der Waals surface area contributed by atoms with E-state index in [1.54, 1.807) is 0 Å². The summed E-state index contributed by atoms with van der Waals surface area (Å²) in [4.78, 5) is 7.30. The van der Waals surface area contributed by atoms with Crippen LogP contribution in [0.2, 0.25) is 0 Å². The molecule has 0 bridgehead atoms. The lowest BCUT2D eigenvalue weighted by Crippen LogP contribution is -2.50. The quantitative estimate of drug-likeness (QED) is 0.645. The van der Waals surface area contributed by atoms with Crippen molar-refractivity contribution in [1.82, 2.24) is 20.5 Å². The van der Waals surface area contributed by atoms with E-state index in [0.29, 0.717) is 12.1 Å². The zero-order valence-electron chi connectivity index (χ0n) is 18.3. The second-order valence-electron chi connectivity index (χ2n) is 8.99. The number of nitrogens with one attached hydrogen (secondary N) is 2. The molecule has 2 aromatic carbocycles. The van der Waals surface area contributed by atoms with E-state index in [4.69, 9.17) is 0 Å². The molecule has 4 nitrogen and oxygen atoms in total. The summed E-state index contributed by atoms with van der Waals surface area (Å²) in [6.07, 6.45) is 4.08. The summed E-state index contributed by atoms with van der Waals surface area (Å²) >= 11 is 0. The molecule has 0 radical (unpaired) electrons. The van der Waals surface area contributed by atoms with Crippen molar-refractivity contribution in [3.63, 3.8) is 0 Å². The van der Waals surface area contributed by atoms with Crippen LogP contribution in [-0.2, 0) is 25.9 Å². The van der Waals surface area contributed by atoms with Gasteiger partial charge in [0, 0.05) is 50.5 Å². The minimum Gasteiger partial charge on any atom is -0.308 e. The Morgan fingerprint density at radius 1 is 0.774 bits per heavy atom. The van der Waals surface area contributed by atoms with Gasteiger partial charge in [0.1, 0.15) is 0 Å². The molecule has 0 aliphatic carbocycles. The van der Waals surface area contributed by atoms with E-state index < -0.39 is 0 Å². The molecule has 2 aliphatic heterocycles. The van der Waals surface area contributed by atoms with Crippen LogP contribution in [0.15, 0.2) is 72.9 Å². The van der Waals surface area contributed by atoms with Gasteiger partial charge in [-0.05, 0) is 54.2 Å². The average molecular weight is 413 g/mol. The summed E-state index contributed by atoms with van der Waals surface area (Å²) in [6.45, 7) is 6.26. The number of pyridine rings is 1. The lowest BCUT2D eigenvalue weighted by molar-refractivity contribution is 0.159. The van der Waals surface area contributed by atoms with E-state index in [0.717, 1.165) is 44.7 Å². The van der Waals surface area contributed by atoms with E-state index in [1.807, 2.05) is 12.3 Å². The average Bonchev–Trinajstić information content (AvgIpc) is 2.83. The Labute approximate surface area is 185 Å². The highest BCUT2D eigenvalue weighted by molar-refractivity contribution is 5.31. The van der Waals surface area contributed by atoms with Gasteiger partial charge in [-0.1, -0.05) is 54.6 Å². The number of rotatable bonds is 6. The number of hydrogen-bond acceptors (Lipinski definition) is 4. The standard InChI is InChI=1S/C27H32N4/c1-20(27-12-6-7-13-28-27)31(18-25-14-21-8-2-4-10-23(21)16-29-25)19-26-15-22-9-3-5-11-24(22)17-30-26/h2-13,20,25-26,29-30H,14-19H2,1H3/t20?,25-,26?/m1/s1. The van der Waals surface area contributed by atoms with Gasteiger partial charge in [-0.25, -0.2) is 0 Å². The Morgan fingerprint density at radius 2 is 1.29 bits per heavy atom. The van der Waals surface area contributed by atoms with Gasteiger partial charge in [-0.3, -0.25) is 9.88 Å². The lowest BCUT2D eigenvalue weighted by Gasteiger charge is -2.38. The van der Waals surface area contributed by atoms with Gasteiger partial charge in [-0.15, -0.1) is 0 Å². The maximum Gasteiger partial charge on any atom is 0.0572 e. The molecule has 2 unspecified atom stereocenters. The summed E-state index contributed by atoms with van der Waals surface area (Å²) in [5.41, 5.74) is 7.00. The van der Waals surface area contributed by atoms with Crippen molar-refractivity contribution in [2.24, 2.45) is 0 Å². The fourth-order valence-corrected chi connectivity index (χ4v) is 5.07. The first kappa shape index (κ1) is 20.4. The minimum absolute atomic E-state index is 0.277. The molecule has 1 aromatic heterocycles. The predicted molar refractivity (Wildman–Crippen MR) is 126 cm³/mol. The number of hydrogen-bond donors (Lipinski definition) is 2. The molecule has 2 aliphatic rings. The summed E-state index contributed by atoms with van der Waals surface area (Å²) in [7, 11) is 0. The first-order chi connectivity index (χ1) is 15.3. The van der Waals surface area contributed by atoms with Crippen molar-refractivity contribution in [2.75, 3.05) is 13.1 Å². The van der Waals surface area contributed by atoms with E-state index in [9.17, 15) is 0 Å². The van der Waals surface area contributed by atoms with Crippen LogP contribution in [0.5, 0.6) is 0 Å². The molecule has 0 saturated carbocycles. The van der Waals surface area contributed by atoms with Gasteiger partial charge < -0.3 is 10.6 Å². The van der Waals surface area contributed by atoms with Crippen molar-refractivity contribution in [1.29, 1.82) is 0 Å². The highest BCUT2D eigenvalue weighted by Crippen LogP contribution is 2.24. The Kier molecular flexibility index (Phi) is 6.12. The molecular weight excluding hydrogens is 380 g/mol. The Morgan fingerprint density at radius 3 is 1.81 bits per heavy atom. The molecule has 0 saturated heterocycles. The van der Waals surface area contributed by atoms with Crippen LogP contribution in [0, 0.1) is 0 Å². The monoisotopic (exact) mass is 412 g/mol. The van der Waals surface area contributed by atoms with Gasteiger partial charge in [0.05, 0.1) is 5.69 Å². The third-order valence-electron chi connectivity index (χ3n) is 6.91. The van der Waals surface area contributed by atoms with Crippen LogP contribution in [0.1, 0.15) is 40.9 Å². The fourth-order valence-electron chi connectivity index (χ4n) is 5.07. The Balaban J connectivity index is 1.33. The fraction of sp³-hybridized carbons (Fsp3) is 0.370. The molecule has 160 valence electrons. The van der Waals surface area contributed by atoms with Crippen LogP contribution in [0.25, 0.3) is 0 Å². The largest absolute Gasteiger partial charge is 0.308 e. The third kappa shape index (κ3) is 4.72. The minimum atomic E-state index is 0.277. The Hall–Kier alpha value is -2.53. The van der Waals surface area contributed by atoms with Gasteiger partial charge >= 0.3 is 0 Å². The van der Waals surface area contributed by atoms with Crippen molar-refractivity contribution in [2.45, 2.75) is 51.0 Å². The molecule has 31 heavy (non-hydrogen) atoms. The Bertz CT molecular complexity index is 943. The van der Waals surface area contributed by atoms with E-state index >= 15 is 0 Å². The van der Waals surface area contributed by atoms with Crippen LogP contribution in [0.4, 0.5) is 0 Å². The van der Waals surface area contributed by atoms with E-state index in [-0.39, 0.29) is 6.04 Å². The third-order valence-corrected chi connectivity index (χ3v) is 6.91. The van der Waals surface area contributed by atoms with Gasteiger partial charge in [-0.2, -0.15) is 0 Å². The smallest absolute Gasteiger partial charge is 0.0572 e. The van der Waals surface area contributed by atoms with Crippen molar-refractivity contribution in [3.8, 4) is 0 Å². The molecule has 0 spiro atoms. The first-order valence-electron chi connectivity index (χ1n) is 11.5. The number of nitrogens with zero attached hydrogens (tertiary/aromatic N) is 2. The predicted octanol–water partition coefficient (Wildman–Crippen LogP) is 3.87. The summed E-state index contributed by atoms with van der Waals surface area (Å²) < 4.78 is 0. The highest BCUT2D eigenvalue weighted by atomic mass is 15.2. The molecule has 0 fully saturated rings. The lowest BCUT2D eigenvalue weighted by atomic mass is 9.93. The molecule has 2 N–H and O–H groups in total. The molecule has 3 aromatic rings. The summed E-state index contributed by atoms with van der Waals surface area (Å²) in [5, 5.41) is 7.57. The molecule has 5 rings (SSSR count). The second-order valence-corrected chi connectivity index (χ2v) is 8.99. The number of benzene rings is 2. The number of fused-ring (bicyclic) bond motifs is 2. The van der Waals surface area contributed by atoms with E-state index in [2.05, 4.69) is 88.1 Å². The number of aromatic nitrogens is 1. The van der Waals surface area contributed by atoms with Crippen LogP contribution in [-0.4, -0.2) is 35.1 Å². The maximum atomic E-state index is 4.68. The van der Waals surface area contributed by atoms with Crippen LogP contribution < -0.4 is 10.6 Å². The van der Waals surface area contributed by atoms with E-state index in [1.165, 1.54) is 22.3 Å². The van der Waals surface area contributed by atoms with Gasteiger partial charge in [0.2, 0.25) is 0 Å².